The summed E-state index contributed by atoms with van der Waals surface area (Å²) in [5.41, 5.74) is 0. The van der Waals surface area contributed by atoms with Crippen molar-refractivity contribution in [3.8, 4) is 0 Å². The normalized spacial score (nSPS) is 17.9. The largest absolute Gasteiger partial charge is 0.469 e. The minimum Gasteiger partial charge on any atom is -0.469 e. The molecule has 0 aromatic carbocycles. The van der Waals surface area contributed by atoms with Crippen LogP contribution >= 0.6 is 0 Å². The van der Waals surface area contributed by atoms with E-state index < -0.39 is 0 Å². The third-order valence-electron chi connectivity index (χ3n) is 3.62. The minimum atomic E-state index is -0.177. The fourth-order valence-corrected chi connectivity index (χ4v) is 2.60. The summed E-state index contributed by atoms with van der Waals surface area (Å²) in [6.45, 7) is 1.40. The standard InChI is InChI=1S/C15H18N4O2/c20-14(16-9-6-12-4-2-11-21-12)13-5-1-10-19(13)15-17-7-3-8-18-15/h2-4,7-8,11,13H,1,5-6,9-10H2,(H,16,20)/t13-/m0/s1. The lowest BCUT2D eigenvalue weighted by Crippen LogP contribution is -2.44. The highest BCUT2D eigenvalue weighted by atomic mass is 16.3. The number of nitrogens with zero attached hydrogens (tertiary/aromatic N) is 3. The topological polar surface area (TPSA) is 71.3 Å². The summed E-state index contributed by atoms with van der Waals surface area (Å²) >= 11 is 0. The van der Waals surface area contributed by atoms with Crippen molar-refractivity contribution >= 4 is 11.9 Å². The molecule has 1 amide bonds. The third-order valence-corrected chi connectivity index (χ3v) is 3.62. The van der Waals surface area contributed by atoms with Gasteiger partial charge in [0.05, 0.1) is 6.26 Å². The average Bonchev–Trinajstić information content (AvgIpc) is 3.19. The summed E-state index contributed by atoms with van der Waals surface area (Å²) in [6, 6.07) is 5.36. The van der Waals surface area contributed by atoms with Crippen LogP contribution in [0, 0.1) is 0 Å². The van der Waals surface area contributed by atoms with Gasteiger partial charge in [-0.2, -0.15) is 0 Å². The van der Waals surface area contributed by atoms with Crippen molar-refractivity contribution in [1.29, 1.82) is 0 Å². The van der Waals surface area contributed by atoms with Gasteiger partial charge in [-0.25, -0.2) is 9.97 Å². The van der Waals surface area contributed by atoms with E-state index in [2.05, 4.69) is 15.3 Å². The Balaban J connectivity index is 1.56. The van der Waals surface area contributed by atoms with Crippen LogP contribution in [0.4, 0.5) is 5.95 Å². The first-order valence-electron chi connectivity index (χ1n) is 7.18. The third kappa shape index (κ3) is 3.21. The molecule has 0 spiro atoms. The number of anilines is 1. The van der Waals surface area contributed by atoms with Gasteiger partial charge in [0.1, 0.15) is 11.8 Å². The first kappa shape index (κ1) is 13.6. The molecule has 6 nitrogen and oxygen atoms in total. The number of aromatic nitrogens is 2. The SMILES string of the molecule is O=C(NCCc1ccco1)[C@@H]1CCCN1c1ncccn1. The summed E-state index contributed by atoms with van der Waals surface area (Å²) in [4.78, 5) is 22.8. The summed E-state index contributed by atoms with van der Waals surface area (Å²) in [6.07, 6.45) is 7.56. The van der Waals surface area contributed by atoms with Gasteiger partial charge in [0, 0.05) is 31.9 Å². The first-order valence-corrected chi connectivity index (χ1v) is 7.18. The fraction of sp³-hybridized carbons (Fsp3) is 0.400. The van der Waals surface area contributed by atoms with E-state index in [0.717, 1.165) is 25.1 Å². The molecule has 3 rings (SSSR count). The van der Waals surface area contributed by atoms with E-state index in [1.54, 1.807) is 24.7 Å². The molecule has 3 heterocycles. The second kappa shape index (κ2) is 6.39. The summed E-state index contributed by atoms with van der Waals surface area (Å²) in [5, 5.41) is 2.97. The molecule has 1 saturated heterocycles. The van der Waals surface area contributed by atoms with Crippen LogP contribution in [0.25, 0.3) is 0 Å². The molecule has 0 radical (unpaired) electrons. The maximum Gasteiger partial charge on any atom is 0.242 e. The predicted octanol–water partition coefficient (Wildman–Crippen LogP) is 1.40. The molecule has 1 fully saturated rings. The van der Waals surface area contributed by atoms with E-state index in [4.69, 9.17) is 4.42 Å². The molecule has 110 valence electrons. The highest BCUT2D eigenvalue weighted by Gasteiger charge is 2.32. The summed E-state index contributed by atoms with van der Waals surface area (Å²) in [5.74, 6) is 1.54. The van der Waals surface area contributed by atoms with Crippen molar-refractivity contribution in [2.24, 2.45) is 0 Å². The molecule has 6 heteroatoms. The zero-order valence-corrected chi connectivity index (χ0v) is 11.7. The molecule has 1 aliphatic rings. The predicted molar refractivity (Wildman–Crippen MR) is 77.8 cm³/mol. The molecule has 0 saturated carbocycles. The van der Waals surface area contributed by atoms with Gasteiger partial charge in [-0.15, -0.1) is 0 Å². The lowest BCUT2D eigenvalue weighted by Gasteiger charge is -2.23. The highest BCUT2D eigenvalue weighted by molar-refractivity contribution is 5.85. The van der Waals surface area contributed by atoms with E-state index in [-0.39, 0.29) is 11.9 Å². The zero-order chi connectivity index (χ0) is 14.5. The van der Waals surface area contributed by atoms with Gasteiger partial charge in [-0.1, -0.05) is 0 Å². The van der Waals surface area contributed by atoms with Crippen molar-refractivity contribution in [2.45, 2.75) is 25.3 Å². The molecule has 2 aromatic heterocycles. The van der Waals surface area contributed by atoms with E-state index >= 15 is 0 Å². The van der Waals surface area contributed by atoms with Crippen LogP contribution in [0.2, 0.25) is 0 Å². The van der Waals surface area contributed by atoms with E-state index in [9.17, 15) is 4.79 Å². The lowest BCUT2D eigenvalue weighted by atomic mass is 10.2. The van der Waals surface area contributed by atoms with Crippen molar-refractivity contribution in [2.75, 3.05) is 18.0 Å². The Bertz CT molecular complexity index is 571. The maximum atomic E-state index is 12.3. The van der Waals surface area contributed by atoms with Gasteiger partial charge in [0.25, 0.3) is 0 Å². The van der Waals surface area contributed by atoms with Crippen LogP contribution in [-0.2, 0) is 11.2 Å². The Morgan fingerprint density at radius 2 is 2.24 bits per heavy atom. The molecule has 2 aromatic rings. The minimum absolute atomic E-state index is 0.0338. The Morgan fingerprint density at radius 3 is 3.00 bits per heavy atom. The number of hydrogen-bond donors (Lipinski definition) is 1. The quantitative estimate of drug-likeness (QED) is 0.899. The van der Waals surface area contributed by atoms with Crippen LogP contribution in [0.5, 0.6) is 0 Å². The number of hydrogen-bond acceptors (Lipinski definition) is 5. The number of rotatable bonds is 5. The lowest BCUT2D eigenvalue weighted by molar-refractivity contribution is -0.122. The molecule has 21 heavy (non-hydrogen) atoms. The fourth-order valence-electron chi connectivity index (χ4n) is 2.60. The molecule has 1 aliphatic heterocycles. The van der Waals surface area contributed by atoms with Gasteiger partial charge < -0.3 is 14.6 Å². The zero-order valence-electron chi connectivity index (χ0n) is 11.7. The van der Waals surface area contributed by atoms with Crippen molar-refractivity contribution in [1.82, 2.24) is 15.3 Å². The van der Waals surface area contributed by atoms with Crippen LogP contribution < -0.4 is 10.2 Å². The molecule has 0 unspecified atom stereocenters. The van der Waals surface area contributed by atoms with Gasteiger partial charge in [0.15, 0.2) is 0 Å². The molecule has 1 atom stereocenters. The second-order valence-corrected chi connectivity index (χ2v) is 5.02. The van der Waals surface area contributed by atoms with Gasteiger partial charge in [0.2, 0.25) is 11.9 Å². The van der Waals surface area contributed by atoms with Crippen molar-refractivity contribution in [3.05, 3.63) is 42.6 Å². The number of furan rings is 1. The molecular weight excluding hydrogens is 268 g/mol. The Labute approximate surface area is 123 Å². The summed E-state index contributed by atoms with van der Waals surface area (Å²) in [7, 11) is 0. The second-order valence-electron chi connectivity index (χ2n) is 5.02. The van der Waals surface area contributed by atoms with Gasteiger partial charge >= 0.3 is 0 Å². The van der Waals surface area contributed by atoms with Gasteiger partial charge in [-0.3, -0.25) is 4.79 Å². The average molecular weight is 286 g/mol. The van der Waals surface area contributed by atoms with Crippen LogP contribution in [0.15, 0.2) is 41.3 Å². The van der Waals surface area contributed by atoms with E-state index in [0.29, 0.717) is 18.9 Å². The first-order chi connectivity index (χ1) is 10.3. The highest BCUT2D eigenvalue weighted by Crippen LogP contribution is 2.21. The Hall–Kier alpha value is -2.37. The molecular formula is C15H18N4O2. The van der Waals surface area contributed by atoms with Gasteiger partial charge in [-0.05, 0) is 31.0 Å². The Kier molecular flexibility index (Phi) is 4.14. The van der Waals surface area contributed by atoms with E-state index in [1.807, 2.05) is 17.0 Å². The smallest absolute Gasteiger partial charge is 0.242 e. The number of carbonyl (C=O) groups is 1. The van der Waals surface area contributed by atoms with Crippen LogP contribution in [-0.4, -0.2) is 35.0 Å². The van der Waals surface area contributed by atoms with Crippen molar-refractivity contribution < 1.29 is 9.21 Å². The molecule has 0 aliphatic carbocycles. The molecule has 0 bridgehead atoms. The van der Waals surface area contributed by atoms with Crippen LogP contribution in [0.3, 0.4) is 0 Å². The van der Waals surface area contributed by atoms with Crippen molar-refractivity contribution in [3.63, 3.8) is 0 Å². The maximum absolute atomic E-state index is 12.3. The number of nitrogens with one attached hydrogen (secondary N) is 1. The Morgan fingerprint density at radius 1 is 1.38 bits per heavy atom. The molecule has 1 N–H and O–H groups in total. The summed E-state index contributed by atoms with van der Waals surface area (Å²) < 4.78 is 5.25. The number of amides is 1. The van der Waals surface area contributed by atoms with Crippen LogP contribution in [0.1, 0.15) is 18.6 Å². The number of carbonyl (C=O) groups excluding carboxylic acids is 1. The van der Waals surface area contributed by atoms with E-state index in [1.165, 1.54) is 0 Å². The monoisotopic (exact) mass is 286 g/mol.